The second-order valence-electron chi connectivity index (χ2n) is 9.07. The number of benzene rings is 2. The van der Waals surface area contributed by atoms with E-state index in [-0.39, 0.29) is 35.8 Å². The second kappa shape index (κ2) is 13.2. The van der Waals surface area contributed by atoms with E-state index in [4.69, 9.17) is 26.4 Å². The number of nitrogen functional groups attached to an aromatic ring is 1. The monoisotopic (exact) mass is 527 g/mol. The van der Waals surface area contributed by atoms with Gasteiger partial charge in [-0.2, -0.15) is 0 Å². The van der Waals surface area contributed by atoms with Crippen LogP contribution in [-0.2, 0) is 9.53 Å². The summed E-state index contributed by atoms with van der Waals surface area (Å²) >= 11 is 0. The van der Waals surface area contributed by atoms with Crippen LogP contribution in [-0.4, -0.2) is 46.6 Å². The lowest BCUT2D eigenvalue weighted by molar-refractivity contribution is -0.137. The van der Waals surface area contributed by atoms with Gasteiger partial charge in [-0.25, -0.2) is 14.8 Å². The van der Waals surface area contributed by atoms with Crippen molar-refractivity contribution in [1.82, 2.24) is 9.97 Å². The van der Waals surface area contributed by atoms with Crippen molar-refractivity contribution in [1.29, 1.82) is 5.41 Å². The highest BCUT2D eigenvalue weighted by Crippen LogP contribution is 2.28. The molecule has 1 saturated carbocycles. The van der Waals surface area contributed by atoms with E-state index in [0.29, 0.717) is 22.7 Å². The number of aliphatic imine (C=N–C) groups is 1. The van der Waals surface area contributed by atoms with Crippen molar-refractivity contribution in [2.24, 2.45) is 10.7 Å². The van der Waals surface area contributed by atoms with Gasteiger partial charge in [0.15, 0.2) is 0 Å². The standard InChI is InChI=1S/C29H33N7O3/c1-2-38-29(37)20(16-30)17-33-21-10-12-22(13-11-21)36-28-25(27(32)34-18-35-28)26(31)19-8-14-24(15-9-19)39-23-6-4-3-5-7-23/h3-9,14-18,21-22,31H,2,10-13,30H2,1H3,(H3,32,34,35,36). The Kier molecular flexibility index (Phi) is 9.23. The molecule has 0 amide bonds. The molecule has 4 rings (SSSR count). The SMILES string of the molecule is CCOC(=O)C(C=NC1CCC(Nc2ncnc(N)c2C(=N)c2ccc(Oc3ccccc3)cc2)CC1)=CN. The van der Waals surface area contributed by atoms with E-state index in [1.807, 2.05) is 54.6 Å². The molecular formula is C29H33N7O3. The van der Waals surface area contributed by atoms with Gasteiger partial charge in [-0.15, -0.1) is 0 Å². The highest BCUT2D eigenvalue weighted by molar-refractivity contribution is 6.16. The Labute approximate surface area is 227 Å². The zero-order valence-corrected chi connectivity index (χ0v) is 21.8. The Hall–Kier alpha value is -4.73. The van der Waals surface area contributed by atoms with Gasteiger partial charge in [0.2, 0.25) is 0 Å². The van der Waals surface area contributed by atoms with Crippen molar-refractivity contribution in [2.45, 2.75) is 44.7 Å². The van der Waals surface area contributed by atoms with Crippen molar-refractivity contribution in [3.63, 3.8) is 0 Å². The van der Waals surface area contributed by atoms with Crippen LogP contribution in [0, 0.1) is 5.41 Å². The molecule has 0 bridgehead atoms. The molecule has 0 unspecified atom stereocenters. The number of nitrogens with one attached hydrogen (secondary N) is 2. The summed E-state index contributed by atoms with van der Waals surface area (Å²) in [5, 5.41) is 12.3. The number of esters is 1. The van der Waals surface area contributed by atoms with Crippen LogP contribution < -0.4 is 21.5 Å². The maximum atomic E-state index is 11.9. The maximum Gasteiger partial charge on any atom is 0.341 e. The van der Waals surface area contributed by atoms with E-state index in [1.54, 1.807) is 6.92 Å². The first-order valence-electron chi connectivity index (χ1n) is 12.9. The first-order chi connectivity index (χ1) is 19.0. The maximum absolute atomic E-state index is 11.9. The van der Waals surface area contributed by atoms with Gasteiger partial charge < -0.3 is 26.3 Å². The minimum absolute atomic E-state index is 0.0808. The van der Waals surface area contributed by atoms with Crippen LogP contribution in [0.1, 0.15) is 43.7 Å². The van der Waals surface area contributed by atoms with Gasteiger partial charge in [0.1, 0.15) is 29.5 Å². The van der Waals surface area contributed by atoms with Crippen LogP contribution in [0.5, 0.6) is 11.5 Å². The quantitative estimate of drug-likeness (QED) is 0.171. The van der Waals surface area contributed by atoms with Gasteiger partial charge in [-0.1, -0.05) is 18.2 Å². The van der Waals surface area contributed by atoms with Crippen LogP contribution >= 0.6 is 0 Å². The number of para-hydroxylation sites is 1. The third-order valence-electron chi connectivity index (χ3n) is 6.40. The summed E-state index contributed by atoms with van der Waals surface area (Å²) in [6, 6.07) is 17.0. The van der Waals surface area contributed by atoms with E-state index in [0.717, 1.165) is 31.4 Å². The molecule has 0 atom stereocenters. The number of carbonyl (C=O) groups excluding carboxylic acids is 1. The van der Waals surface area contributed by atoms with Gasteiger partial charge in [0, 0.05) is 24.0 Å². The Morgan fingerprint density at radius 1 is 1.08 bits per heavy atom. The number of hydrogen-bond donors (Lipinski definition) is 4. The molecule has 0 spiro atoms. The van der Waals surface area contributed by atoms with Gasteiger partial charge in [-0.3, -0.25) is 10.4 Å². The molecule has 0 aliphatic heterocycles. The van der Waals surface area contributed by atoms with E-state index < -0.39 is 5.97 Å². The minimum atomic E-state index is -0.478. The molecule has 1 heterocycles. The fourth-order valence-corrected chi connectivity index (χ4v) is 4.34. The molecule has 10 nitrogen and oxygen atoms in total. The number of nitrogens with zero attached hydrogens (tertiary/aromatic N) is 3. The Morgan fingerprint density at radius 2 is 1.77 bits per heavy atom. The molecule has 1 aliphatic rings. The van der Waals surface area contributed by atoms with Crippen LogP contribution in [0.3, 0.4) is 0 Å². The fourth-order valence-electron chi connectivity index (χ4n) is 4.34. The number of ether oxygens (including phenoxy) is 2. The van der Waals surface area contributed by atoms with Crippen molar-refractivity contribution >= 4 is 29.5 Å². The predicted octanol–water partition coefficient (Wildman–Crippen LogP) is 4.47. The fraction of sp³-hybridized carbons (Fsp3) is 0.276. The highest BCUT2D eigenvalue weighted by Gasteiger charge is 2.24. The molecule has 0 saturated heterocycles. The van der Waals surface area contributed by atoms with E-state index >= 15 is 0 Å². The number of rotatable bonds is 10. The van der Waals surface area contributed by atoms with Gasteiger partial charge in [0.25, 0.3) is 0 Å². The van der Waals surface area contributed by atoms with Crippen molar-refractivity contribution in [3.8, 4) is 11.5 Å². The molecule has 0 radical (unpaired) electrons. The average Bonchev–Trinajstić information content (AvgIpc) is 2.95. The third kappa shape index (κ3) is 7.19. The number of nitrogens with two attached hydrogens (primary N) is 2. The lowest BCUT2D eigenvalue weighted by Crippen LogP contribution is -2.29. The van der Waals surface area contributed by atoms with Crippen molar-refractivity contribution < 1.29 is 14.3 Å². The summed E-state index contributed by atoms with van der Waals surface area (Å²) in [6.07, 6.45) is 7.44. The Bertz CT molecular complexity index is 1330. The zero-order chi connectivity index (χ0) is 27.6. The molecule has 6 N–H and O–H groups in total. The first kappa shape index (κ1) is 27.3. The minimum Gasteiger partial charge on any atom is -0.462 e. The molecule has 202 valence electrons. The summed E-state index contributed by atoms with van der Waals surface area (Å²) in [4.78, 5) is 25.0. The van der Waals surface area contributed by atoms with Crippen LogP contribution in [0.15, 0.2) is 77.7 Å². The van der Waals surface area contributed by atoms with Gasteiger partial charge in [0.05, 0.1) is 29.5 Å². The molecule has 2 aromatic carbocycles. The third-order valence-corrected chi connectivity index (χ3v) is 6.40. The number of aromatic nitrogens is 2. The summed E-state index contributed by atoms with van der Waals surface area (Å²) < 4.78 is 10.8. The van der Waals surface area contributed by atoms with Crippen molar-refractivity contribution in [3.05, 3.63) is 83.8 Å². The van der Waals surface area contributed by atoms with Gasteiger partial charge >= 0.3 is 5.97 Å². The van der Waals surface area contributed by atoms with Crippen LogP contribution in [0.25, 0.3) is 0 Å². The summed E-state index contributed by atoms with van der Waals surface area (Å²) in [6.45, 7) is 2.02. The summed E-state index contributed by atoms with van der Waals surface area (Å²) in [7, 11) is 0. The molecule has 1 aliphatic carbocycles. The highest BCUT2D eigenvalue weighted by atomic mass is 16.5. The molecule has 1 fully saturated rings. The van der Waals surface area contributed by atoms with Crippen molar-refractivity contribution in [2.75, 3.05) is 17.7 Å². The average molecular weight is 528 g/mol. The second-order valence-corrected chi connectivity index (χ2v) is 9.07. The Balaban J connectivity index is 1.39. The van der Waals surface area contributed by atoms with E-state index in [9.17, 15) is 4.79 Å². The normalized spacial score (nSPS) is 17.5. The number of carbonyl (C=O) groups is 1. The largest absolute Gasteiger partial charge is 0.462 e. The summed E-state index contributed by atoms with van der Waals surface area (Å²) in [5.74, 6) is 1.70. The number of anilines is 2. The van der Waals surface area contributed by atoms with E-state index in [2.05, 4.69) is 20.3 Å². The van der Waals surface area contributed by atoms with Crippen LogP contribution in [0.4, 0.5) is 11.6 Å². The smallest absolute Gasteiger partial charge is 0.341 e. The molecule has 3 aromatic rings. The van der Waals surface area contributed by atoms with Crippen LogP contribution in [0.2, 0.25) is 0 Å². The van der Waals surface area contributed by atoms with E-state index in [1.165, 1.54) is 18.7 Å². The molecular weight excluding hydrogens is 494 g/mol. The lowest BCUT2D eigenvalue weighted by Gasteiger charge is -2.28. The molecule has 1 aromatic heterocycles. The predicted molar refractivity (Wildman–Crippen MR) is 152 cm³/mol. The number of hydrogen-bond acceptors (Lipinski definition) is 10. The summed E-state index contributed by atoms with van der Waals surface area (Å²) in [5.41, 5.74) is 13.4. The first-order valence-corrected chi connectivity index (χ1v) is 12.9. The zero-order valence-electron chi connectivity index (χ0n) is 21.8. The lowest BCUT2D eigenvalue weighted by atomic mass is 9.91. The topological polar surface area (TPSA) is 162 Å². The molecule has 10 heteroatoms. The van der Waals surface area contributed by atoms with Gasteiger partial charge in [-0.05, 0) is 69.0 Å². The molecule has 39 heavy (non-hydrogen) atoms. The Morgan fingerprint density at radius 3 is 2.44 bits per heavy atom.